The molecule has 0 fully saturated rings. The predicted molar refractivity (Wildman–Crippen MR) is 72.8 cm³/mol. The Morgan fingerprint density at radius 3 is 2.21 bits per heavy atom. The Hall–Kier alpha value is -1.61. The number of hydrogen-bond donors (Lipinski definition) is 2. The largest absolute Gasteiger partial charge is 0.459 e. The lowest BCUT2D eigenvalue weighted by Crippen LogP contribution is -2.57. The number of fused-ring (bicyclic) bond motifs is 1. The van der Waals surface area contributed by atoms with Crippen molar-refractivity contribution in [1.29, 1.82) is 0 Å². The fraction of sp³-hybridized carbons (Fsp3) is 0.467. The number of benzene rings is 1. The zero-order valence-corrected chi connectivity index (χ0v) is 12.3. The van der Waals surface area contributed by atoms with Crippen LogP contribution < -0.4 is 5.32 Å². The molecule has 1 aromatic rings. The minimum Gasteiger partial charge on any atom is -0.386 e. The van der Waals surface area contributed by atoms with E-state index in [0.717, 1.165) is 0 Å². The summed E-state index contributed by atoms with van der Waals surface area (Å²) >= 11 is 0. The Morgan fingerprint density at radius 1 is 1.04 bits per heavy atom. The van der Waals surface area contributed by atoms with Crippen molar-refractivity contribution < 1.29 is 35.8 Å². The normalized spacial score (nSPS) is 22.1. The number of alkyl halides is 7. The lowest BCUT2D eigenvalue weighted by Gasteiger charge is -2.32. The van der Waals surface area contributed by atoms with E-state index >= 15 is 0 Å². The summed E-state index contributed by atoms with van der Waals surface area (Å²) in [4.78, 5) is 0. The first kappa shape index (κ1) is 18.7. The molecular weight excluding hydrogens is 343 g/mol. The Bertz CT molecular complexity index is 639. The minimum absolute atomic E-state index is 0.376. The van der Waals surface area contributed by atoms with Gasteiger partial charge in [-0.05, 0) is 23.6 Å². The molecule has 0 aliphatic heterocycles. The van der Waals surface area contributed by atoms with E-state index in [1.54, 1.807) is 25.1 Å². The highest BCUT2D eigenvalue weighted by Gasteiger charge is 2.72. The van der Waals surface area contributed by atoms with Crippen LogP contribution in [0.5, 0.6) is 0 Å². The van der Waals surface area contributed by atoms with Crippen LogP contribution >= 0.6 is 0 Å². The van der Waals surface area contributed by atoms with Gasteiger partial charge in [0.25, 0.3) is 0 Å². The third-order valence-corrected chi connectivity index (χ3v) is 3.85. The molecule has 0 heterocycles. The van der Waals surface area contributed by atoms with Crippen molar-refractivity contribution in [2.75, 3.05) is 6.54 Å². The van der Waals surface area contributed by atoms with Crippen LogP contribution in [0.25, 0.3) is 5.57 Å². The Kier molecular flexibility index (Phi) is 4.71. The lowest BCUT2D eigenvalue weighted by molar-refractivity contribution is -0.352. The van der Waals surface area contributed by atoms with Crippen molar-refractivity contribution in [3.63, 3.8) is 0 Å². The van der Waals surface area contributed by atoms with Crippen molar-refractivity contribution in [3.05, 3.63) is 41.5 Å². The monoisotopic (exact) mass is 357 g/mol. The summed E-state index contributed by atoms with van der Waals surface area (Å²) in [7, 11) is 0. The third kappa shape index (κ3) is 3.14. The van der Waals surface area contributed by atoms with E-state index in [0.29, 0.717) is 16.7 Å². The highest BCUT2D eigenvalue weighted by molar-refractivity contribution is 5.70. The standard InChI is InChI=1S/C15H14F7NO/c1-8-6-11(12(24)10-5-3-2-4-9(8)10)23-7-13(16,17)14(18,19)15(20,21)22/h2-6,11-12,23-24H,7H2,1H3/t11-,12-/m1/s1. The molecule has 2 atom stereocenters. The summed E-state index contributed by atoms with van der Waals surface area (Å²) in [5.74, 6) is -11.5. The quantitative estimate of drug-likeness (QED) is 0.801. The first-order valence-corrected chi connectivity index (χ1v) is 6.90. The molecule has 0 radical (unpaired) electrons. The van der Waals surface area contributed by atoms with Gasteiger partial charge in [-0.15, -0.1) is 0 Å². The van der Waals surface area contributed by atoms with Crippen molar-refractivity contribution >= 4 is 5.57 Å². The zero-order valence-electron chi connectivity index (χ0n) is 12.3. The second-order valence-electron chi connectivity index (χ2n) is 5.57. The molecule has 1 aliphatic rings. The molecule has 0 saturated heterocycles. The summed E-state index contributed by atoms with van der Waals surface area (Å²) in [6.45, 7) is -0.324. The summed E-state index contributed by atoms with van der Waals surface area (Å²) < 4.78 is 88.8. The molecule has 134 valence electrons. The number of hydrogen-bond acceptors (Lipinski definition) is 2. The predicted octanol–water partition coefficient (Wildman–Crippen LogP) is 3.93. The summed E-state index contributed by atoms with van der Waals surface area (Å²) in [5, 5.41) is 12.0. The van der Waals surface area contributed by atoms with Gasteiger partial charge in [-0.25, -0.2) is 0 Å². The molecule has 0 spiro atoms. The molecule has 0 saturated carbocycles. The number of halogens is 7. The first-order chi connectivity index (χ1) is 10.9. The highest BCUT2D eigenvalue weighted by atomic mass is 19.4. The van der Waals surface area contributed by atoms with Gasteiger partial charge in [-0.2, -0.15) is 30.7 Å². The van der Waals surface area contributed by atoms with Crippen LogP contribution in [0.1, 0.15) is 24.2 Å². The maximum atomic E-state index is 13.3. The number of aliphatic hydroxyl groups is 1. The maximum absolute atomic E-state index is 13.3. The van der Waals surface area contributed by atoms with E-state index in [-0.39, 0.29) is 0 Å². The molecule has 2 rings (SSSR count). The SMILES string of the molecule is CC1=C[C@@H](NCC(F)(F)C(F)(F)C(F)(F)F)[C@H](O)c2ccccc21. The first-order valence-electron chi connectivity index (χ1n) is 6.90. The van der Waals surface area contributed by atoms with Crippen LogP contribution in [-0.2, 0) is 0 Å². The van der Waals surface area contributed by atoms with Gasteiger partial charge in [0.2, 0.25) is 0 Å². The topological polar surface area (TPSA) is 32.3 Å². The molecular formula is C15H14F7NO. The van der Waals surface area contributed by atoms with Crippen LogP contribution in [-0.4, -0.2) is 35.7 Å². The lowest BCUT2D eigenvalue weighted by atomic mass is 9.86. The van der Waals surface area contributed by atoms with Crippen LogP contribution in [0.3, 0.4) is 0 Å². The van der Waals surface area contributed by atoms with E-state index in [1.165, 1.54) is 12.1 Å². The molecule has 2 nitrogen and oxygen atoms in total. The van der Waals surface area contributed by atoms with Gasteiger partial charge in [0.05, 0.1) is 18.7 Å². The van der Waals surface area contributed by atoms with E-state index in [2.05, 4.69) is 0 Å². The fourth-order valence-electron chi connectivity index (χ4n) is 2.49. The Morgan fingerprint density at radius 2 is 1.62 bits per heavy atom. The van der Waals surface area contributed by atoms with Gasteiger partial charge >= 0.3 is 18.0 Å². The fourth-order valence-corrected chi connectivity index (χ4v) is 2.49. The van der Waals surface area contributed by atoms with Crippen molar-refractivity contribution in [1.82, 2.24) is 5.32 Å². The molecule has 0 unspecified atom stereocenters. The van der Waals surface area contributed by atoms with Gasteiger partial charge < -0.3 is 10.4 Å². The maximum Gasteiger partial charge on any atom is 0.459 e. The van der Waals surface area contributed by atoms with Gasteiger partial charge in [0.1, 0.15) is 0 Å². The summed E-state index contributed by atoms with van der Waals surface area (Å²) in [5.41, 5.74) is 1.61. The molecule has 9 heteroatoms. The van der Waals surface area contributed by atoms with Crippen molar-refractivity contribution in [2.45, 2.75) is 37.1 Å². The zero-order chi connectivity index (χ0) is 18.3. The molecule has 24 heavy (non-hydrogen) atoms. The van der Waals surface area contributed by atoms with E-state index in [4.69, 9.17) is 0 Å². The van der Waals surface area contributed by atoms with E-state index in [9.17, 15) is 35.8 Å². The van der Waals surface area contributed by atoms with Crippen LogP contribution in [0.2, 0.25) is 0 Å². The Balaban J connectivity index is 2.17. The number of allylic oxidation sites excluding steroid dienone is 1. The average molecular weight is 357 g/mol. The van der Waals surface area contributed by atoms with Crippen molar-refractivity contribution in [3.8, 4) is 0 Å². The van der Waals surface area contributed by atoms with Crippen LogP contribution in [0, 0.1) is 0 Å². The summed E-state index contributed by atoms with van der Waals surface area (Å²) in [6, 6.07) is 5.26. The highest BCUT2D eigenvalue weighted by Crippen LogP contribution is 2.46. The second kappa shape index (κ2) is 6.03. The molecule has 1 aromatic carbocycles. The van der Waals surface area contributed by atoms with E-state index < -0.39 is 36.7 Å². The minimum atomic E-state index is -6.37. The molecule has 0 aromatic heterocycles. The molecule has 0 bridgehead atoms. The van der Waals surface area contributed by atoms with E-state index in [1.807, 2.05) is 5.32 Å². The average Bonchev–Trinajstić information content (AvgIpc) is 2.48. The van der Waals surface area contributed by atoms with Gasteiger partial charge in [-0.3, -0.25) is 0 Å². The number of aliphatic hydroxyl groups excluding tert-OH is 1. The van der Waals surface area contributed by atoms with Gasteiger partial charge in [0, 0.05) is 0 Å². The van der Waals surface area contributed by atoms with Crippen LogP contribution in [0.15, 0.2) is 30.3 Å². The Labute approximate surface area is 133 Å². The van der Waals surface area contributed by atoms with Gasteiger partial charge in [-0.1, -0.05) is 30.3 Å². The van der Waals surface area contributed by atoms with Gasteiger partial charge in [0.15, 0.2) is 0 Å². The number of nitrogens with one attached hydrogen (secondary N) is 1. The second-order valence-corrected chi connectivity index (χ2v) is 5.57. The number of rotatable bonds is 4. The third-order valence-electron chi connectivity index (χ3n) is 3.85. The smallest absolute Gasteiger partial charge is 0.386 e. The van der Waals surface area contributed by atoms with Crippen molar-refractivity contribution in [2.24, 2.45) is 0 Å². The van der Waals surface area contributed by atoms with Crippen LogP contribution in [0.4, 0.5) is 30.7 Å². The molecule has 1 aliphatic carbocycles. The molecule has 2 N–H and O–H groups in total. The summed E-state index contributed by atoms with van der Waals surface area (Å²) in [6.07, 6.45) is -6.41. The molecule has 0 amide bonds.